The number of nitrogens with one attached hydrogen (secondary N) is 1. The Hall–Kier alpha value is -5.29. The number of aromatic amines is 1. The predicted molar refractivity (Wildman–Crippen MR) is 188 cm³/mol. The molecule has 9 N–H and O–H groups in total. The minimum absolute atomic E-state index is 0.0174. The molecule has 15 nitrogen and oxygen atoms in total. The van der Waals surface area contributed by atoms with Gasteiger partial charge in [-0.3, -0.25) is 9.69 Å². The molecule has 1 fully saturated rings. The van der Waals surface area contributed by atoms with Gasteiger partial charge in [0.15, 0.2) is 17.6 Å². The Labute approximate surface area is 303 Å². The van der Waals surface area contributed by atoms with Crippen LogP contribution in [0.25, 0.3) is 6.08 Å². The van der Waals surface area contributed by atoms with Crippen molar-refractivity contribution in [2.45, 2.75) is 75.0 Å². The lowest BCUT2D eigenvalue weighted by Gasteiger charge is -2.44. The number of phenolic OH excluding ortho intramolecular Hbond substituents is 2. The lowest BCUT2D eigenvalue weighted by atomic mass is 9.88. The molecule has 4 aromatic rings. The highest BCUT2D eigenvalue weighted by molar-refractivity contribution is 6.09. The van der Waals surface area contributed by atoms with Gasteiger partial charge < -0.3 is 55.3 Å². The summed E-state index contributed by atoms with van der Waals surface area (Å²) >= 11 is 0. The quantitative estimate of drug-likeness (QED) is 0.0745. The van der Waals surface area contributed by atoms with E-state index >= 15 is 0 Å². The maximum Gasteiger partial charge on any atom is 0.355 e. The van der Waals surface area contributed by atoms with Crippen LogP contribution in [0.15, 0.2) is 73.1 Å². The Morgan fingerprint density at radius 2 is 1.79 bits per heavy atom. The largest absolute Gasteiger partial charge is 0.508 e. The van der Waals surface area contributed by atoms with Crippen molar-refractivity contribution in [2.24, 2.45) is 0 Å². The molecule has 1 saturated heterocycles. The molecule has 0 saturated carbocycles. The van der Waals surface area contributed by atoms with Crippen molar-refractivity contribution in [3.05, 3.63) is 107 Å². The van der Waals surface area contributed by atoms with Crippen LogP contribution in [0.1, 0.15) is 52.9 Å². The number of phenols is 2. The molecule has 0 radical (unpaired) electrons. The number of fused-ring (bicyclic) bond motifs is 1. The molecular formula is C38H41N3O12. The van der Waals surface area contributed by atoms with E-state index in [1.165, 1.54) is 24.3 Å². The minimum atomic E-state index is -3.09. The van der Waals surface area contributed by atoms with Gasteiger partial charge in [-0.15, -0.1) is 0 Å². The zero-order chi connectivity index (χ0) is 38.0. The molecule has 6 rings (SSSR count). The third-order valence-corrected chi connectivity index (χ3v) is 9.72. The third kappa shape index (κ3) is 7.48. The standard InChI is InChI=1S/C38H41N3O12/c1-2-25-26(40-19-39-25)15-22-14-21(9-12-28(22)43)10-13-32(45)41-27-17-30(52-38(51)36(48)35(47)34(46)31(18-42)53-38)29(44)16-24(27)23(33(41)37(49)50)11-8-20-6-4-3-5-7-20/h3-7,9-10,12-14,16-17,19,23,31,33-36,42-44,46-48,51H,2,8,11,15,18H2,1H3,(H,39,40)(H,49,50)/b13-10+/t23-,31-,33-,34-,35+,36-,38+/m1/s1. The fourth-order valence-corrected chi connectivity index (χ4v) is 6.94. The molecule has 280 valence electrons. The van der Waals surface area contributed by atoms with Crippen LogP contribution < -0.4 is 9.64 Å². The highest BCUT2D eigenvalue weighted by Gasteiger charge is 2.56. The van der Waals surface area contributed by atoms with Crippen LogP contribution in [0.2, 0.25) is 0 Å². The van der Waals surface area contributed by atoms with Gasteiger partial charge in [-0.25, -0.2) is 9.78 Å². The van der Waals surface area contributed by atoms with E-state index in [0.717, 1.165) is 27.9 Å². The average Bonchev–Trinajstić information content (AvgIpc) is 3.73. The molecule has 15 heteroatoms. The number of nitrogens with zero attached hydrogens (tertiary/aromatic N) is 2. The Morgan fingerprint density at radius 1 is 1.04 bits per heavy atom. The Bertz CT molecular complexity index is 1980. The Morgan fingerprint density at radius 3 is 2.49 bits per heavy atom. The maximum absolute atomic E-state index is 14.1. The molecule has 0 bridgehead atoms. The maximum atomic E-state index is 14.1. The number of H-pyrrole nitrogens is 1. The van der Waals surface area contributed by atoms with Gasteiger partial charge in [-0.05, 0) is 60.2 Å². The number of ether oxygens (including phenoxy) is 2. The van der Waals surface area contributed by atoms with Gasteiger partial charge in [-0.2, -0.15) is 0 Å². The number of imidazole rings is 1. The van der Waals surface area contributed by atoms with Crippen LogP contribution in [0.5, 0.6) is 17.2 Å². The number of hydrogen-bond acceptors (Lipinski definition) is 12. The van der Waals surface area contributed by atoms with E-state index in [0.29, 0.717) is 36.0 Å². The molecule has 0 spiro atoms. The van der Waals surface area contributed by atoms with Crippen molar-refractivity contribution in [2.75, 3.05) is 11.5 Å². The second-order valence-electron chi connectivity index (χ2n) is 13.1. The van der Waals surface area contributed by atoms with Gasteiger partial charge in [0.2, 0.25) is 0 Å². The smallest absolute Gasteiger partial charge is 0.355 e. The normalized spacial score (nSPS) is 25.4. The molecule has 3 heterocycles. The van der Waals surface area contributed by atoms with Gasteiger partial charge in [0.05, 0.1) is 24.3 Å². The van der Waals surface area contributed by atoms with Crippen LogP contribution in [0, 0.1) is 0 Å². The van der Waals surface area contributed by atoms with Crippen molar-refractivity contribution in [3.8, 4) is 17.2 Å². The van der Waals surface area contributed by atoms with E-state index in [2.05, 4.69) is 9.97 Å². The van der Waals surface area contributed by atoms with Crippen molar-refractivity contribution < 1.29 is 59.9 Å². The zero-order valence-corrected chi connectivity index (χ0v) is 28.6. The fourth-order valence-electron chi connectivity index (χ4n) is 6.94. The number of carbonyl (C=O) groups excluding carboxylic acids is 1. The number of anilines is 1. The number of carboxylic acids is 1. The van der Waals surface area contributed by atoms with E-state index in [1.807, 2.05) is 37.3 Å². The number of rotatable bonds is 12. The number of aliphatic carboxylic acids is 1. The predicted octanol–water partition coefficient (Wildman–Crippen LogP) is 1.70. The summed E-state index contributed by atoms with van der Waals surface area (Å²) in [6.07, 6.45) is -1.74. The number of carboxylic acid groups (broad SMARTS) is 1. The van der Waals surface area contributed by atoms with E-state index in [9.17, 15) is 50.4 Å². The average molecular weight is 732 g/mol. The van der Waals surface area contributed by atoms with Gasteiger partial charge in [0.1, 0.15) is 30.1 Å². The SMILES string of the molecule is CCc1nc[nH]c1Cc1cc(/C=C/C(=O)N2c3cc(O[C@]4(O)O[C@H](CO)[C@@H](O)[C@H](O)[C@H]4O)c(O)cc3[C@@H](CCc3ccccc3)[C@@H]2C(=O)O)ccc1O. The first-order valence-electron chi connectivity index (χ1n) is 17.1. The van der Waals surface area contributed by atoms with Crippen molar-refractivity contribution in [1.29, 1.82) is 0 Å². The first kappa shape index (κ1) is 37.5. The summed E-state index contributed by atoms with van der Waals surface area (Å²) in [7, 11) is 0. The number of aromatic hydroxyl groups is 2. The number of benzene rings is 3. The molecule has 1 amide bonds. The van der Waals surface area contributed by atoms with E-state index in [-0.39, 0.29) is 17.9 Å². The highest BCUT2D eigenvalue weighted by atomic mass is 16.8. The molecule has 3 aromatic carbocycles. The summed E-state index contributed by atoms with van der Waals surface area (Å²) in [6, 6.07) is 15.0. The number of aliphatic hydroxyl groups is 5. The Kier molecular flexibility index (Phi) is 10.9. The number of amides is 1. The van der Waals surface area contributed by atoms with Crippen LogP contribution in [-0.4, -0.2) is 106 Å². The van der Waals surface area contributed by atoms with Crippen molar-refractivity contribution in [1.82, 2.24) is 9.97 Å². The lowest BCUT2D eigenvalue weighted by Crippen LogP contribution is -2.67. The molecule has 53 heavy (non-hydrogen) atoms. The Balaban J connectivity index is 1.36. The summed E-state index contributed by atoms with van der Waals surface area (Å²) in [6.45, 7) is 1.08. The summed E-state index contributed by atoms with van der Waals surface area (Å²) in [5, 5.41) is 83.9. The number of carbonyl (C=O) groups is 2. The number of aliphatic hydroxyl groups excluding tert-OH is 4. The van der Waals surface area contributed by atoms with Crippen LogP contribution in [-0.2, 0) is 33.6 Å². The second kappa shape index (κ2) is 15.4. The van der Waals surface area contributed by atoms with Gasteiger partial charge in [0.25, 0.3) is 5.91 Å². The highest BCUT2D eigenvalue weighted by Crippen LogP contribution is 2.49. The van der Waals surface area contributed by atoms with Gasteiger partial charge in [-0.1, -0.05) is 43.3 Å². The van der Waals surface area contributed by atoms with E-state index in [4.69, 9.17) is 9.47 Å². The molecule has 0 aliphatic carbocycles. The molecule has 2 aliphatic rings. The lowest BCUT2D eigenvalue weighted by molar-refractivity contribution is -0.422. The van der Waals surface area contributed by atoms with Gasteiger partial charge >= 0.3 is 11.9 Å². The summed E-state index contributed by atoms with van der Waals surface area (Å²) in [4.78, 5) is 35.4. The number of aromatic nitrogens is 2. The van der Waals surface area contributed by atoms with Crippen molar-refractivity contribution >= 4 is 23.6 Å². The fraction of sp³-hybridized carbons (Fsp3) is 0.342. The molecule has 0 unspecified atom stereocenters. The first-order valence-corrected chi connectivity index (χ1v) is 17.1. The number of hydrogen-bond donors (Lipinski definition) is 9. The minimum Gasteiger partial charge on any atom is -0.508 e. The summed E-state index contributed by atoms with van der Waals surface area (Å²) in [5.74, 6) is -7.12. The molecule has 7 atom stereocenters. The molecule has 2 aliphatic heterocycles. The summed E-state index contributed by atoms with van der Waals surface area (Å²) < 4.78 is 10.7. The first-order chi connectivity index (χ1) is 25.3. The van der Waals surface area contributed by atoms with Crippen LogP contribution in [0.4, 0.5) is 5.69 Å². The topological polar surface area (TPSA) is 246 Å². The second-order valence-corrected chi connectivity index (χ2v) is 13.1. The molecular weight excluding hydrogens is 690 g/mol. The summed E-state index contributed by atoms with van der Waals surface area (Å²) in [5.41, 5.74) is 4.01. The molecule has 1 aromatic heterocycles. The number of aryl methyl sites for hydroxylation is 2. The third-order valence-electron chi connectivity index (χ3n) is 9.72. The van der Waals surface area contributed by atoms with Crippen molar-refractivity contribution in [3.63, 3.8) is 0 Å². The zero-order valence-electron chi connectivity index (χ0n) is 28.6. The monoisotopic (exact) mass is 731 g/mol. The van der Waals surface area contributed by atoms with Crippen LogP contribution in [0.3, 0.4) is 0 Å². The van der Waals surface area contributed by atoms with E-state index in [1.54, 1.807) is 18.5 Å². The van der Waals surface area contributed by atoms with Crippen LogP contribution >= 0.6 is 0 Å². The van der Waals surface area contributed by atoms with E-state index < -0.39 is 72.3 Å². The van der Waals surface area contributed by atoms with Gasteiger partial charge in [0, 0.05) is 35.7 Å².